The molecule has 1 heterocycles. The zero-order valence-electron chi connectivity index (χ0n) is 18.0. The van der Waals surface area contributed by atoms with Gasteiger partial charge in [-0.15, -0.1) is 10.2 Å². The van der Waals surface area contributed by atoms with Crippen LogP contribution >= 0.6 is 11.8 Å². The molecule has 0 saturated heterocycles. The highest BCUT2D eigenvalue weighted by atomic mass is 32.2. The Morgan fingerprint density at radius 3 is 2.27 bits per heavy atom. The average molecular weight is 423 g/mol. The van der Waals surface area contributed by atoms with Crippen molar-refractivity contribution in [2.75, 3.05) is 11.1 Å². The summed E-state index contributed by atoms with van der Waals surface area (Å²) in [6.45, 7) is 7.10. The molecule has 158 valence electrons. The number of thioether (sulfide) groups is 1. The van der Waals surface area contributed by atoms with Crippen molar-refractivity contribution in [3.63, 3.8) is 0 Å². The molecule has 0 aliphatic rings. The molecule has 0 aliphatic heterocycles. The Bertz CT molecular complexity index is 946. The summed E-state index contributed by atoms with van der Waals surface area (Å²) in [4.78, 5) is 12.6. The van der Waals surface area contributed by atoms with Crippen molar-refractivity contribution >= 4 is 23.4 Å². The molecule has 1 N–H and O–H groups in total. The van der Waals surface area contributed by atoms with Crippen LogP contribution in [0.2, 0.25) is 0 Å². The number of benzene rings is 2. The third kappa shape index (κ3) is 5.51. The van der Waals surface area contributed by atoms with Gasteiger partial charge in [0.1, 0.15) is 5.82 Å². The number of amides is 1. The summed E-state index contributed by atoms with van der Waals surface area (Å²) in [5, 5.41) is 12.6. The molecule has 5 nitrogen and oxygen atoms in total. The number of carbonyl (C=O) groups is 1. The normalized spacial score (nSPS) is 10.9. The van der Waals surface area contributed by atoms with Gasteiger partial charge in [-0.3, -0.25) is 4.79 Å². The molecule has 0 spiro atoms. The first-order valence-electron chi connectivity index (χ1n) is 10.7. The van der Waals surface area contributed by atoms with E-state index >= 15 is 0 Å². The SMILES string of the molecule is CCc1cccc(CC)c1NC(=O)CSc1nnc(CCc2ccccc2)n1CC. The molecule has 3 aromatic rings. The van der Waals surface area contributed by atoms with Crippen LogP contribution in [0, 0.1) is 0 Å². The van der Waals surface area contributed by atoms with Gasteiger partial charge in [-0.2, -0.15) is 0 Å². The van der Waals surface area contributed by atoms with E-state index in [1.54, 1.807) is 0 Å². The molecule has 0 aliphatic carbocycles. The van der Waals surface area contributed by atoms with Gasteiger partial charge in [0.15, 0.2) is 5.16 Å². The van der Waals surface area contributed by atoms with Crippen molar-refractivity contribution in [3.05, 3.63) is 71.0 Å². The van der Waals surface area contributed by atoms with Gasteiger partial charge in [0, 0.05) is 18.7 Å². The summed E-state index contributed by atoms with van der Waals surface area (Å²) < 4.78 is 2.11. The Kier molecular flexibility index (Phi) is 8.08. The molecule has 0 fully saturated rings. The molecule has 1 amide bonds. The maximum absolute atomic E-state index is 12.6. The van der Waals surface area contributed by atoms with Crippen molar-refractivity contribution < 1.29 is 4.79 Å². The number of carbonyl (C=O) groups excluding carboxylic acids is 1. The van der Waals surface area contributed by atoms with E-state index in [-0.39, 0.29) is 5.91 Å². The number of hydrogen-bond donors (Lipinski definition) is 1. The summed E-state index contributed by atoms with van der Waals surface area (Å²) in [5.41, 5.74) is 4.60. The fourth-order valence-corrected chi connectivity index (χ4v) is 4.36. The Morgan fingerprint density at radius 2 is 1.63 bits per heavy atom. The molecule has 0 saturated carbocycles. The van der Waals surface area contributed by atoms with E-state index < -0.39 is 0 Å². The molecule has 0 unspecified atom stereocenters. The predicted octanol–water partition coefficient (Wildman–Crippen LogP) is 4.94. The van der Waals surface area contributed by atoms with Crippen molar-refractivity contribution in [1.82, 2.24) is 14.8 Å². The summed E-state index contributed by atoms with van der Waals surface area (Å²) in [6.07, 6.45) is 3.55. The van der Waals surface area contributed by atoms with Crippen LogP contribution in [0.25, 0.3) is 0 Å². The summed E-state index contributed by atoms with van der Waals surface area (Å²) in [7, 11) is 0. The third-order valence-electron chi connectivity index (χ3n) is 5.19. The number of para-hydroxylation sites is 1. The van der Waals surface area contributed by atoms with Gasteiger partial charge in [-0.25, -0.2) is 0 Å². The van der Waals surface area contributed by atoms with Crippen molar-refractivity contribution in [2.45, 2.75) is 58.2 Å². The van der Waals surface area contributed by atoms with Crippen LogP contribution in [0.4, 0.5) is 5.69 Å². The van der Waals surface area contributed by atoms with E-state index in [9.17, 15) is 4.79 Å². The van der Waals surface area contributed by atoms with Crippen LogP contribution in [0.1, 0.15) is 43.3 Å². The van der Waals surface area contributed by atoms with Crippen LogP contribution in [0.5, 0.6) is 0 Å². The molecule has 30 heavy (non-hydrogen) atoms. The highest BCUT2D eigenvalue weighted by molar-refractivity contribution is 7.99. The number of hydrogen-bond acceptors (Lipinski definition) is 4. The average Bonchev–Trinajstić information content (AvgIpc) is 3.18. The second kappa shape index (κ2) is 11.0. The van der Waals surface area contributed by atoms with E-state index in [1.165, 1.54) is 28.5 Å². The first-order valence-corrected chi connectivity index (χ1v) is 11.6. The van der Waals surface area contributed by atoms with Crippen molar-refractivity contribution in [2.24, 2.45) is 0 Å². The second-order valence-electron chi connectivity index (χ2n) is 7.12. The second-order valence-corrected chi connectivity index (χ2v) is 8.07. The molecule has 2 aromatic carbocycles. The Labute approximate surface area is 183 Å². The number of rotatable bonds is 10. The lowest BCUT2D eigenvalue weighted by Crippen LogP contribution is -2.17. The smallest absolute Gasteiger partial charge is 0.234 e. The minimum Gasteiger partial charge on any atom is -0.325 e. The maximum atomic E-state index is 12.6. The summed E-state index contributed by atoms with van der Waals surface area (Å²) in [6, 6.07) is 16.6. The molecular formula is C24H30N4OS. The first-order chi connectivity index (χ1) is 14.7. The molecule has 1 aromatic heterocycles. The number of aryl methyl sites for hydroxylation is 4. The lowest BCUT2D eigenvalue weighted by molar-refractivity contribution is -0.113. The van der Waals surface area contributed by atoms with Gasteiger partial charge in [0.05, 0.1) is 5.75 Å². The Morgan fingerprint density at radius 1 is 0.933 bits per heavy atom. The fourth-order valence-electron chi connectivity index (χ4n) is 3.54. The predicted molar refractivity (Wildman–Crippen MR) is 124 cm³/mol. The number of nitrogens with zero attached hydrogens (tertiary/aromatic N) is 3. The molecule has 0 atom stereocenters. The fraction of sp³-hybridized carbons (Fsp3) is 0.375. The monoisotopic (exact) mass is 422 g/mol. The van der Waals surface area contributed by atoms with Gasteiger partial charge in [-0.1, -0.05) is 74.1 Å². The van der Waals surface area contributed by atoms with E-state index in [0.717, 1.165) is 48.9 Å². The minimum absolute atomic E-state index is 0.00733. The van der Waals surface area contributed by atoms with Crippen LogP contribution in [0.15, 0.2) is 53.7 Å². The zero-order chi connectivity index (χ0) is 21.3. The topological polar surface area (TPSA) is 59.8 Å². The maximum Gasteiger partial charge on any atom is 0.234 e. The Balaban J connectivity index is 1.62. The number of nitrogens with one attached hydrogen (secondary N) is 1. The van der Waals surface area contributed by atoms with Crippen LogP contribution in [0.3, 0.4) is 0 Å². The van der Waals surface area contributed by atoms with Crippen LogP contribution in [-0.2, 0) is 37.0 Å². The molecule has 0 bridgehead atoms. The zero-order valence-corrected chi connectivity index (χ0v) is 18.8. The molecule has 6 heteroatoms. The van der Waals surface area contributed by atoms with Crippen molar-refractivity contribution in [3.8, 4) is 0 Å². The van der Waals surface area contributed by atoms with Gasteiger partial charge in [0.25, 0.3) is 0 Å². The molecule has 3 rings (SSSR count). The summed E-state index contributed by atoms with van der Waals surface area (Å²) >= 11 is 1.45. The highest BCUT2D eigenvalue weighted by Gasteiger charge is 2.15. The van der Waals surface area contributed by atoms with Crippen molar-refractivity contribution in [1.29, 1.82) is 0 Å². The number of aromatic nitrogens is 3. The van der Waals surface area contributed by atoms with Crippen LogP contribution in [-0.4, -0.2) is 26.4 Å². The van der Waals surface area contributed by atoms with Gasteiger partial charge in [0.2, 0.25) is 5.91 Å². The lowest BCUT2D eigenvalue weighted by atomic mass is 10.0. The quantitative estimate of drug-likeness (QED) is 0.470. The number of anilines is 1. The molecule has 0 radical (unpaired) electrons. The standard InChI is InChI=1S/C24H30N4OS/c1-4-19-13-10-14-20(5-2)23(19)25-22(29)17-30-24-27-26-21(28(24)6-3)16-15-18-11-8-7-9-12-18/h7-14H,4-6,15-17H2,1-3H3,(H,25,29). The van der Waals surface area contributed by atoms with E-state index in [1.807, 2.05) is 6.07 Å². The van der Waals surface area contributed by atoms with Gasteiger partial charge in [-0.05, 0) is 42.9 Å². The van der Waals surface area contributed by atoms with Gasteiger partial charge >= 0.3 is 0 Å². The highest BCUT2D eigenvalue weighted by Crippen LogP contribution is 2.24. The summed E-state index contributed by atoms with van der Waals surface area (Å²) in [5.74, 6) is 1.28. The molecular weight excluding hydrogens is 392 g/mol. The largest absolute Gasteiger partial charge is 0.325 e. The lowest BCUT2D eigenvalue weighted by Gasteiger charge is -2.14. The van der Waals surface area contributed by atoms with E-state index in [4.69, 9.17) is 0 Å². The van der Waals surface area contributed by atoms with Gasteiger partial charge < -0.3 is 9.88 Å². The minimum atomic E-state index is -0.00733. The van der Waals surface area contributed by atoms with E-state index in [2.05, 4.69) is 83.3 Å². The Hall–Kier alpha value is -2.60. The van der Waals surface area contributed by atoms with Crippen LogP contribution < -0.4 is 5.32 Å². The first kappa shape index (κ1) is 22.1. The van der Waals surface area contributed by atoms with E-state index in [0.29, 0.717) is 5.75 Å². The third-order valence-corrected chi connectivity index (χ3v) is 6.15.